The number of anilines is 2. The molecule has 2 heterocycles. The number of hydrogen-bond donors (Lipinski definition) is 1. The summed E-state index contributed by atoms with van der Waals surface area (Å²) in [5.74, 6) is -1.31. The number of hydrogen-bond acceptors (Lipinski definition) is 6. The quantitative estimate of drug-likeness (QED) is 0.524. The van der Waals surface area contributed by atoms with E-state index in [1.165, 1.54) is 25.6 Å². The molecule has 0 bridgehead atoms. The van der Waals surface area contributed by atoms with Crippen LogP contribution in [0.2, 0.25) is 5.02 Å². The zero-order valence-corrected chi connectivity index (χ0v) is 19.1. The Morgan fingerprint density at radius 3 is 2.78 bits per heavy atom. The van der Waals surface area contributed by atoms with Gasteiger partial charge in [0.15, 0.2) is 6.10 Å². The van der Waals surface area contributed by atoms with Crippen LogP contribution in [0.1, 0.15) is 36.2 Å². The van der Waals surface area contributed by atoms with E-state index >= 15 is 0 Å². The predicted octanol–water partition coefficient (Wildman–Crippen LogP) is 3.87. The highest BCUT2D eigenvalue weighted by molar-refractivity contribution is 8.01. The van der Waals surface area contributed by atoms with Crippen LogP contribution in [0.5, 0.6) is 0 Å². The van der Waals surface area contributed by atoms with Crippen LogP contribution in [0.3, 0.4) is 0 Å². The zero-order chi connectivity index (χ0) is 23.0. The fraction of sp³-hybridized carbons (Fsp3) is 0.304. The summed E-state index contributed by atoms with van der Waals surface area (Å²) in [6, 6.07) is 10.3. The molecular weight excluding hydrogens is 452 g/mol. The molecule has 0 aliphatic carbocycles. The van der Waals surface area contributed by atoms with Crippen molar-refractivity contribution < 1.29 is 23.9 Å². The number of esters is 1. The van der Waals surface area contributed by atoms with Gasteiger partial charge in [0, 0.05) is 34.6 Å². The van der Waals surface area contributed by atoms with Crippen molar-refractivity contribution >= 4 is 58.3 Å². The molecule has 0 unspecified atom stereocenters. The van der Waals surface area contributed by atoms with Gasteiger partial charge in [-0.05, 0) is 55.3 Å². The number of carbonyl (C=O) groups is 4. The molecule has 2 atom stereocenters. The average Bonchev–Trinajstić information content (AvgIpc) is 3.17. The van der Waals surface area contributed by atoms with Crippen molar-refractivity contribution in [3.63, 3.8) is 0 Å². The van der Waals surface area contributed by atoms with Crippen LogP contribution in [0.25, 0.3) is 0 Å². The largest absolute Gasteiger partial charge is 0.454 e. The molecule has 0 aromatic heterocycles. The van der Waals surface area contributed by atoms with Crippen LogP contribution < -0.4 is 10.2 Å². The first kappa shape index (κ1) is 22.4. The van der Waals surface area contributed by atoms with Crippen molar-refractivity contribution in [2.45, 2.75) is 42.9 Å². The summed E-state index contributed by atoms with van der Waals surface area (Å²) in [6.07, 6.45) is -0.479. The molecule has 166 valence electrons. The van der Waals surface area contributed by atoms with E-state index in [1.54, 1.807) is 41.3 Å². The van der Waals surface area contributed by atoms with E-state index in [0.29, 0.717) is 29.2 Å². The fourth-order valence-electron chi connectivity index (χ4n) is 3.82. The summed E-state index contributed by atoms with van der Waals surface area (Å²) in [7, 11) is 0. The Hall–Kier alpha value is -2.84. The number of fused-ring (bicyclic) bond motifs is 2. The number of ketones is 1. The standard InChI is InChI=1S/C23H21ClN2O5S/c1-12(22(29)15-3-5-18-14(9-15)7-8-26(18)13(2)27)31-21(28)11-20-23(30)25-17-10-16(24)4-6-19(17)32-20/h3-6,9-10,12,20H,7-8,11H2,1-2H3,(H,25,30)/t12-,20-/m1/s1. The number of carbonyl (C=O) groups excluding carboxylic acids is 4. The SMILES string of the molecule is CC(=O)N1CCc2cc(C(=O)[C@@H](C)OC(=O)C[C@H]3Sc4ccc(Cl)cc4NC3=O)ccc21. The summed E-state index contributed by atoms with van der Waals surface area (Å²) >= 11 is 7.21. The Balaban J connectivity index is 1.38. The molecule has 0 saturated heterocycles. The van der Waals surface area contributed by atoms with Gasteiger partial charge in [-0.2, -0.15) is 0 Å². The summed E-state index contributed by atoms with van der Waals surface area (Å²) in [5.41, 5.74) is 2.75. The number of nitrogens with zero attached hydrogens (tertiary/aromatic N) is 1. The zero-order valence-electron chi connectivity index (χ0n) is 17.5. The van der Waals surface area contributed by atoms with E-state index in [4.69, 9.17) is 16.3 Å². The first-order valence-electron chi connectivity index (χ1n) is 10.1. The molecule has 9 heteroatoms. The number of Topliss-reactive ketones (excluding diaryl/α,β-unsaturated/α-hetero) is 1. The molecule has 0 radical (unpaired) electrons. The number of thioether (sulfide) groups is 1. The van der Waals surface area contributed by atoms with Crippen molar-refractivity contribution in [1.29, 1.82) is 0 Å². The summed E-state index contributed by atoms with van der Waals surface area (Å²) in [5, 5.41) is 2.60. The third kappa shape index (κ3) is 4.52. The lowest BCUT2D eigenvalue weighted by molar-refractivity contribution is -0.147. The Bertz CT molecular complexity index is 1140. The van der Waals surface area contributed by atoms with Gasteiger partial charge in [0.05, 0.1) is 17.4 Å². The Kier molecular flexibility index (Phi) is 6.26. The number of nitrogens with one attached hydrogen (secondary N) is 1. The Labute approximate surface area is 194 Å². The molecule has 0 fully saturated rings. The van der Waals surface area contributed by atoms with Crippen LogP contribution in [-0.4, -0.2) is 41.5 Å². The Morgan fingerprint density at radius 1 is 1.25 bits per heavy atom. The molecule has 7 nitrogen and oxygen atoms in total. The van der Waals surface area contributed by atoms with Gasteiger partial charge in [0.1, 0.15) is 0 Å². The number of rotatable bonds is 5. The van der Waals surface area contributed by atoms with Gasteiger partial charge in [-0.25, -0.2) is 0 Å². The minimum absolute atomic E-state index is 0.0412. The molecule has 2 aromatic carbocycles. The van der Waals surface area contributed by atoms with Crippen molar-refractivity contribution in [1.82, 2.24) is 0 Å². The van der Waals surface area contributed by atoms with Gasteiger partial charge in [0.2, 0.25) is 17.6 Å². The van der Waals surface area contributed by atoms with Crippen molar-refractivity contribution in [3.05, 3.63) is 52.5 Å². The van der Waals surface area contributed by atoms with E-state index in [9.17, 15) is 19.2 Å². The van der Waals surface area contributed by atoms with Crippen LogP contribution in [0.15, 0.2) is 41.3 Å². The van der Waals surface area contributed by atoms with Crippen LogP contribution >= 0.6 is 23.4 Å². The van der Waals surface area contributed by atoms with Gasteiger partial charge < -0.3 is 15.0 Å². The molecule has 2 aromatic rings. The maximum atomic E-state index is 12.8. The maximum absolute atomic E-state index is 12.8. The molecule has 32 heavy (non-hydrogen) atoms. The van der Waals surface area contributed by atoms with Gasteiger partial charge in [-0.15, -0.1) is 11.8 Å². The van der Waals surface area contributed by atoms with E-state index in [-0.39, 0.29) is 24.0 Å². The fourth-order valence-corrected chi connectivity index (χ4v) is 5.07. The van der Waals surface area contributed by atoms with Crippen molar-refractivity contribution in [3.8, 4) is 0 Å². The lowest BCUT2D eigenvalue weighted by Crippen LogP contribution is -2.33. The van der Waals surface area contributed by atoms with Gasteiger partial charge in [-0.1, -0.05) is 11.6 Å². The van der Waals surface area contributed by atoms with Crippen LogP contribution in [0, 0.1) is 0 Å². The molecule has 1 N–H and O–H groups in total. The molecule has 0 spiro atoms. The van der Waals surface area contributed by atoms with Crippen molar-refractivity contribution in [2.24, 2.45) is 0 Å². The lowest BCUT2D eigenvalue weighted by Gasteiger charge is -2.24. The van der Waals surface area contributed by atoms with Gasteiger partial charge in [-0.3, -0.25) is 19.2 Å². The van der Waals surface area contributed by atoms with Gasteiger partial charge in [0.25, 0.3) is 0 Å². The van der Waals surface area contributed by atoms with E-state index < -0.39 is 17.3 Å². The molecule has 0 saturated carbocycles. The summed E-state index contributed by atoms with van der Waals surface area (Å²) < 4.78 is 5.34. The third-order valence-corrected chi connectivity index (χ3v) is 6.94. The third-order valence-electron chi connectivity index (χ3n) is 5.43. The number of halogens is 1. The second-order valence-electron chi connectivity index (χ2n) is 7.70. The first-order chi connectivity index (χ1) is 15.2. The van der Waals surface area contributed by atoms with E-state index in [2.05, 4.69) is 5.32 Å². The van der Waals surface area contributed by atoms with Gasteiger partial charge >= 0.3 is 5.97 Å². The highest BCUT2D eigenvalue weighted by Gasteiger charge is 2.31. The topological polar surface area (TPSA) is 92.8 Å². The molecule has 4 rings (SSSR count). The molecule has 2 aliphatic heterocycles. The van der Waals surface area contributed by atoms with E-state index in [0.717, 1.165) is 16.1 Å². The van der Waals surface area contributed by atoms with Crippen molar-refractivity contribution in [2.75, 3.05) is 16.8 Å². The second kappa shape index (κ2) is 8.96. The monoisotopic (exact) mass is 472 g/mol. The lowest BCUT2D eigenvalue weighted by atomic mass is 10.0. The molecule has 2 amide bonds. The number of ether oxygens (including phenoxy) is 1. The summed E-state index contributed by atoms with van der Waals surface area (Å²) in [4.78, 5) is 51.8. The number of amides is 2. The normalized spacial score (nSPS) is 17.8. The number of benzene rings is 2. The molecule has 2 aliphatic rings. The second-order valence-corrected chi connectivity index (χ2v) is 9.38. The average molecular weight is 473 g/mol. The van der Waals surface area contributed by atoms with E-state index in [1.807, 2.05) is 0 Å². The Morgan fingerprint density at radius 2 is 2.03 bits per heavy atom. The first-order valence-corrected chi connectivity index (χ1v) is 11.4. The predicted molar refractivity (Wildman–Crippen MR) is 122 cm³/mol. The van der Waals surface area contributed by atoms with Crippen LogP contribution in [-0.2, 0) is 25.5 Å². The highest BCUT2D eigenvalue weighted by Crippen LogP contribution is 2.38. The summed E-state index contributed by atoms with van der Waals surface area (Å²) in [6.45, 7) is 3.61. The van der Waals surface area contributed by atoms with Crippen LogP contribution in [0.4, 0.5) is 11.4 Å². The molecular formula is C23H21ClN2O5S. The highest BCUT2D eigenvalue weighted by atomic mass is 35.5. The minimum Gasteiger partial charge on any atom is -0.454 e. The smallest absolute Gasteiger partial charge is 0.308 e. The minimum atomic E-state index is -0.992. The maximum Gasteiger partial charge on any atom is 0.308 e.